The molecule has 0 aromatic heterocycles. The molecule has 0 amide bonds. The second kappa shape index (κ2) is 6.84. The van der Waals surface area contributed by atoms with Gasteiger partial charge >= 0.3 is 5.97 Å². The highest BCUT2D eigenvalue weighted by molar-refractivity contribution is 6.01. The molecule has 3 fully saturated rings. The maximum Gasteiger partial charge on any atom is 0.303 e. The maximum atomic E-state index is 17.2. The van der Waals surface area contributed by atoms with Gasteiger partial charge < -0.3 is 14.6 Å². The zero-order chi connectivity index (χ0) is 24.0. The molecule has 0 aromatic rings. The van der Waals surface area contributed by atoms with Crippen molar-refractivity contribution in [2.24, 2.45) is 27.7 Å². The molecular formula is C25H30FNO6. The van der Waals surface area contributed by atoms with Gasteiger partial charge in [-0.3, -0.25) is 14.4 Å². The van der Waals surface area contributed by atoms with E-state index in [-0.39, 0.29) is 23.9 Å². The van der Waals surface area contributed by atoms with Crippen molar-refractivity contribution in [2.75, 3.05) is 6.61 Å². The van der Waals surface area contributed by atoms with Crippen LogP contribution in [0.4, 0.5) is 4.39 Å². The number of aliphatic imine (C=N–C) groups is 1. The number of ketones is 2. The summed E-state index contributed by atoms with van der Waals surface area (Å²) < 4.78 is 28.2. The number of hydrogen-bond donors (Lipinski definition) is 1. The molecule has 1 N–H and O–H groups in total. The molecular weight excluding hydrogens is 429 g/mol. The van der Waals surface area contributed by atoms with Crippen LogP contribution in [0.2, 0.25) is 0 Å². The highest BCUT2D eigenvalue weighted by Crippen LogP contribution is 2.71. The van der Waals surface area contributed by atoms with Crippen molar-refractivity contribution in [2.45, 2.75) is 76.8 Å². The Hall–Kier alpha value is -2.35. The fourth-order valence-corrected chi connectivity index (χ4v) is 7.85. The number of ether oxygens (including phenoxy) is 2. The van der Waals surface area contributed by atoms with Gasteiger partial charge in [-0.15, -0.1) is 0 Å². The molecule has 0 spiro atoms. The number of hydrogen-bond acceptors (Lipinski definition) is 7. The molecule has 7 nitrogen and oxygen atoms in total. The van der Waals surface area contributed by atoms with Gasteiger partial charge in [-0.1, -0.05) is 18.6 Å². The topological polar surface area (TPSA) is 102 Å². The predicted octanol–water partition coefficient (Wildman–Crippen LogP) is 2.66. The Balaban J connectivity index is 1.60. The quantitative estimate of drug-likeness (QED) is 0.651. The van der Waals surface area contributed by atoms with E-state index in [4.69, 9.17) is 9.47 Å². The number of carbonyl (C=O) groups excluding carboxylic acids is 3. The Morgan fingerprint density at radius 1 is 1.33 bits per heavy atom. The van der Waals surface area contributed by atoms with Gasteiger partial charge in [0, 0.05) is 30.6 Å². The molecule has 0 bridgehead atoms. The van der Waals surface area contributed by atoms with E-state index in [1.165, 1.54) is 19.1 Å². The average Bonchev–Trinajstić information content (AvgIpc) is 3.19. The molecule has 4 aliphatic carbocycles. The van der Waals surface area contributed by atoms with E-state index >= 15 is 4.39 Å². The first kappa shape index (κ1) is 22.4. The highest BCUT2D eigenvalue weighted by Gasteiger charge is 2.78. The lowest BCUT2D eigenvalue weighted by molar-refractivity contribution is -0.198. The summed E-state index contributed by atoms with van der Waals surface area (Å²) >= 11 is 0. The first-order valence-corrected chi connectivity index (χ1v) is 11.6. The Bertz CT molecular complexity index is 1050. The summed E-state index contributed by atoms with van der Waals surface area (Å²) in [6, 6.07) is 0. The number of aliphatic hydroxyl groups excluding tert-OH is 1. The van der Waals surface area contributed by atoms with Crippen LogP contribution in [0.5, 0.6) is 0 Å². The van der Waals surface area contributed by atoms with E-state index in [2.05, 4.69) is 4.99 Å². The normalized spacial score (nSPS) is 47.4. The van der Waals surface area contributed by atoms with Gasteiger partial charge in [0.15, 0.2) is 29.5 Å². The fourth-order valence-electron chi connectivity index (χ4n) is 7.85. The van der Waals surface area contributed by atoms with Crippen molar-refractivity contribution in [3.8, 4) is 0 Å². The highest BCUT2D eigenvalue weighted by atomic mass is 19.1. The molecule has 0 unspecified atom stereocenters. The van der Waals surface area contributed by atoms with Crippen LogP contribution in [0.15, 0.2) is 28.8 Å². The van der Waals surface area contributed by atoms with Gasteiger partial charge in [-0.25, -0.2) is 9.38 Å². The molecule has 3 saturated carbocycles. The van der Waals surface area contributed by atoms with E-state index in [0.29, 0.717) is 30.7 Å². The summed E-state index contributed by atoms with van der Waals surface area (Å²) in [7, 11) is 0. The minimum Gasteiger partial charge on any atom is -0.475 e. The number of fused-ring (bicyclic) bond motifs is 7. The van der Waals surface area contributed by atoms with Gasteiger partial charge in [-0.2, -0.15) is 0 Å². The zero-order valence-electron chi connectivity index (χ0n) is 19.4. The number of rotatable bonds is 3. The van der Waals surface area contributed by atoms with Crippen LogP contribution >= 0.6 is 0 Å². The number of Topliss-reactive ketones (excluding diaryl/α,β-unsaturated/α-hetero) is 1. The van der Waals surface area contributed by atoms with Crippen LogP contribution in [0.1, 0.15) is 53.4 Å². The second-order valence-corrected chi connectivity index (χ2v) is 10.7. The van der Waals surface area contributed by atoms with Crippen molar-refractivity contribution in [3.63, 3.8) is 0 Å². The standard InChI is InChI=1S/C25H30FNO6/c1-13-27-25(20(31)12-32-14(2)28)21(33-13)10-18-17-6-5-15-9-16(29)7-8-22(15,3)24(17,26)19(30)11-23(18,25)4/h7-9,17-19,21,30H,5-6,10-12H2,1-4H3/t17-,18-,19+,21+,22+,23-,24-,25+/m1/s1. The van der Waals surface area contributed by atoms with E-state index in [9.17, 15) is 19.5 Å². The monoisotopic (exact) mass is 459 g/mol. The average molecular weight is 460 g/mol. The van der Waals surface area contributed by atoms with Gasteiger partial charge in [-0.05, 0) is 50.7 Å². The molecule has 0 radical (unpaired) electrons. The van der Waals surface area contributed by atoms with Gasteiger partial charge in [0.2, 0.25) is 5.78 Å². The summed E-state index contributed by atoms with van der Waals surface area (Å²) in [5.41, 5.74) is -4.60. The van der Waals surface area contributed by atoms with Crippen LogP contribution in [0.25, 0.3) is 0 Å². The minimum atomic E-state index is -1.99. The lowest BCUT2D eigenvalue weighted by Gasteiger charge is -2.62. The molecule has 1 aliphatic heterocycles. The predicted molar refractivity (Wildman–Crippen MR) is 116 cm³/mol. The van der Waals surface area contributed by atoms with Crippen molar-refractivity contribution < 1.29 is 33.4 Å². The van der Waals surface area contributed by atoms with Crippen LogP contribution < -0.4 is 0 Å². The molecule has 5 aliphatic rings. The Morgan fingerprint density at radius 2 is 2.06 bits per heavy atom. The summed E-state index contributed by atoms with van der Waals surface area (Å²) in [6.07, 6.45) is 3.97. The third-order valence-electron chi connectivity index (χ3n) is 9.31. The first-order chi connectivity index (χ1) is 15.4. The first-order valence-electron chi connectivity index (χ1n) is 11.6. The molecule has 178 valence electrons. The van der Waals surface area contributed by atoms with Crippen LogP contribution in [-0.4, -0.2) is 58.6 Å². The van der Waals surface area contributed by atoms with Gasteiger partial charge in [0.05, 0.1) is 6.10 Å². The molecule has 8 heteroatoms. The van der Waals surface area contributed by atoms with Crippen molar-refractivity contribution in [1.29, 1.82) is 0 Å². The van der Waals surface area contributed by atoms with E-state index in [1.54, 1.807) is 19.9 Å². The SMILES string of the molecule is CC(=O)OCC(=O)[C@]12N=C(C)O[C@H]1C[C@@H]1[C@H]3CCC4=CC(=O)C=C[C@]4(C)[C@]3(F)[C@@H](O)C[C@]12C. The summed E-state index contributed by atoms with van der Waals surface area (Å²) in [5.74, 6) is -1.57. The maximum absolute atomic E-state index is 17.2. The summed E-state index contributed by atoms with van der Waals surface area (Å²) in [6.45, 7) is 6.13. The molecule has 0 aromatic carbocycles. The number of alkyl halides is 1. The number of halogens is 1. The van der Waals surface area contributed by atoms with E-state index in [1.807, 2.05) is 6.92 Å². The summed E-state index contributed by atoms with van der Waals surface area (Å²) in [5, 5.41) is 11.4. The zero-order valence-corrected chi connectivity index (χ0v) is 19.4. The van der Waals surface area contributed by atoms with Crippen molar-refractivity contribution >= 4 is 23.4 Å². The Kier molecular flexibility index (Phi) is 4.65. The van der Waals surface area contributed by atoms with E-state index in [0.717, 1.165) is 0 Å². The van der Waals surface area contributed by atoms with Crippen molar-refractivity contribution in [1.82, 2.24) is 0 Å². The van der Waals surface area contributed by atoms with Crippen molar-refractivity contribution in [3.05, 3.63) is 23.8 Å². The number of allylic oxidation sites excluding steroid dienone is 4. The number of esters is 1. The molecule has 33 heavy (non-hydrogen) atoms. The fraction of sp³-hybridized carbons (Fsp3) is 0.680. The van der Waals surface area contributed by atoms with Crippen LogP contribution in [-0.2, 0) is 23.9 Å². The van der Waals surface area contributed by atoms with E-state index < -0.39 is 52.7 Å². The number of aliphatic hydroxyl groups is 1. The lowest BCUT2D eigenvalue weighted by Crippen LogP contribution is -2.69. The third-order valence-corrected chi connectivity index (χ3v) is 9.31. The van der Waals surface area contributed by atoms with Crippen LogP contribution in [0.3, 0.4) is 0 Å². The Morgan fingerprint density at radius 3 is 2.76 bits per heavy atom. The largest absolute Gasteiger partial charge is 0.475 e. The lowest BCUT2D eigenvalue weighted by atomic mass is 9.44. The molecule has 8 atom stereocenters. The van der Waals surface area contributed by atoms with Crippen LogP contribution in [0, 0.1) is 22.7 Å². The smallest absolute Gasteiger partial charge is 0.303 e. The Labute approximate surface area is 192 Å². The molecule has 0 saturated heterocycles. The molecule has 5 rings (SSSR count). The third kappa shape index (κ3) is 2.58. The van der Waals surface area contributed by atoms with Gasteiger partial charge in [0.1, 0.15) is 6.10 Å². The molecule has 1 heterocycles. The summed E-state index contributed by atoms with van der Waals surface area (Å²) in [4.78, 5) is 41.6. The minimum absolute atomic E-state index is 0.0117. The second-order valence-electron chi connectivity index (χ2n) is 10.7. The number of carbonyl (C=O) groups is 3. The number of nitrogens with zero attached hydrogens (tertiary/aromatic N) is 1. The van der Waals surface area contributed by atoms with Gasteiger partial charge in [0.25, 0.3) is 0 Å².